The van der Waals surface area contributed by atoms with Gasteiger partial charge in [0.25, 0.3) is 0 Å². The lowest BCUT2D eigenvalue weighted by atomic mass is 10.4. The van der Waals surface area contributed by atoms with Crippen molar-refractivity contribution < 1.29 is 0 Å². The van der Waals surface area contributed by atoms with Crippen LogP contribution >= 0.6 is 15.9 Å². The minimum atomic E-state index is 0.983. The molecule has 0 saturated carbocycles. The van der Waals surface area contributed by atoms with Crippen molar-refractivity contribution in [3.8, 4) is 0 Å². The Balaban J connectivity index is 2.86. The molecule has 0 atom stereocenters. The summed E-state index contributed by atoms with van der Waals surface area (Å²) in [7, 11) is 0. The minimum absolute atomic E-state index is 0.983. The Morgan fingerprint density at radius 3 is 3.18 bits per heavy atom. The molecule has 2 aromatic heterocycles. The molecule has 0 fully saturated rings. The first-order valence-electron chi connectivity index (χ1n) is 3.36. The van der Waals surface area contributed by atoms with Gasteiger partial charge in [-0.25, -0.2) is 4.98 Å². The predicted molar refractivity (Wildman–Crippen MR) is 47.6 cm³/mol. The normalized spacial score (nSPS) is 10.7. The van der Waals surface area contributed by atoms with Crippen molar-refractivity contribution in [1.29, 1.82) is 0 Å². The highest BCUT2D eigenvalue weighted by molar-refractivity contribution is 9.10. The van der Waals surface area contributed by atoms with Gasteiger partial charge in [0.1, 0.15) is 5.65 Å². The lowest BCUT2D eigenvalue weighted by Crippen LogP contribution is -1.84. The lowest BCUT2D eigenvalue weighted by Gasteiger charge is -1.94. The molecule has 3 heteroatoms. The first-order valence-corrected chi connectivity index (χ1v) is 4.16. The maximum absolute atomic E-state index is 4.21. The van der Waals surface area contributed by atoms with Crippen LogP contribution in [0.4, 0.5) is 0 Å². The molecule has 0 aliphatic rings. The Hall–Kier alpha value is -0.830. The monoisotopic (exact) mass is 210 g/mol. The molecule has 0 aromatic carbocycles. The Morgan fingerprint density at radius 1 is 1.55 bits per heavy atom. The highest BCUT2D eigenvalue weighted by Crippen LogP contribution is 2.12. The Morgan fingerprint density at radius 2 is 2.36 bits per heavy atom. The molecule has 0 aliphatic carbocycles. The van der Waals surface area contributed by atoms with Crippen LogP contribution in [0, 0.1) is 6.92 Å². The Kier molecular flexibility index (Phi) is 1.46. The summed E-state index contributed by atoms with van der Waals surface area (Å²) < 4.78 is 3.11. The molecule has 56 valence electrons. The van der Waals surface area contributed by atoms with Crippen molar-refractivity contribution >= 4 is 21.6 Å². The number of rotatable bonds is 0. The van der Waals surface area contributed by atoms with Gasteiger partial charge in [-0.15, -0.1) is 0 Å². The largest absolute Gasteiger partial charge is 0.304 e. The van der Waals surface area contributed by atoms with Gasteiger partial charge in [-0.3, -0.25) is 0 Å². The van der Waals surface area contributed by atoms with Crippen molar-refractivity contribution in [2.24, 2.45) is 0 Å². The van der Waals surface area contributed by atoms with Gasteiger partial charge in [-0.2, -0.15) is 0 Å². The number of halogens is 1. The van der Waals surface area contributed by atoms with Gasteiger partial charge in [0, 0.05) is 22.6 Å². The van der Waals surface area contributed by atoms with E-state index in [1.54, 1.807) is 0 Å². The van der Waals surface area contributed by atoms with Crippen LogP contribution in [-0.4, -0.2) is 9.38 Å². The van der Waals surface area contributed by atoms with E-state index in [2.05, 4.69) is 20.9 Å². The van der Waals surface area contributed by atoms with Crippen LogP contribution in [0.25, 0.3) is 5.65 Å². The fraction of sp³-hybridized carbons (Fsp3) is 0.125. The minimum Gasteiger partial charge on any atom is -0.304 e. The van der Waals surface area contributed by atoms with Crippen molar-refractivity contribution in [2.45, 2.75) is 6.92 Å². The van der Waals surface area contributed by atoms with Crippen molar-refractivity contribution in [2.75, 3.05) is 0 Å². The van der Waals surface area contributed by atoms with Crippen LogP contribution in [0.3, 0.4) is 0 Å². The van der Waals surface area contributed by atoms with E-state index in [9.17, 15) is 0 Å². The predicted octanol–water partition coefficient (Wildman–Crippen LogP) is 2.41. The number of aromatic nitrogens is 2. The first kappa shape index (κ1) is 6.85. The molecular formula is C8H7BrN2. The zero-order valence-electron chi connectivity index (χ0n) is 6.08. The summed E-state index contributed by atoms with van der Waals surface area (Å²) in [5, 5.41) is 0. The summed E-state index contributed by atoms with van der Waals surface area (Å²) in [5.74, 6) is 0. The molecule has 0 radical (unpaired) electrons. The van der Waals surface area contributed by atoms with E-state index in [1.165, 1.54) is 0 Å². The van der Waals surface area contributed by atoms with Gasteiger partial charge in [0.05, 0.1) is 0 Å². The summed E-state index contributed by atoms with van der Waals surface area (Å²) in [6, 6.07) is 3.99. The van der Waals surface area contributed by atoms with Crippen molar-refractivity contribution in [1.82, 2.24) is 9.38 Å². The summed E-state index contributed by atoms with van der Waals surface area (Å²) in [5.41, 5.74) is 2.14. The summed E-state index contributed by atoms with van der Waals surface area (Å²) in [6.07, 6.45) is 3.86. The molecule has 0 spiro atoms. The van der Waals surface area contributed by atoms with Gasteiger partial charge in [0.2, 0.25) is 0 Å². The zero-order valence-corrected chi connectivity index (χ0v) is 7.67. The maximum Gasteiger partial charge on any atom is 0.137 e. The summed E-state index contributed by atoms with van der Waals surface area (Å²) in [4.78, 5) is 4.21. The molecule has 2 heterocycles. The number of fused-ring (bicyclic) bond motifs is 1. The summed E-state index contributed by atoms with van der Waals surface area (Å²) >= 11 is 3.39. The van der Waals surface area contributed by atoms with E-state index in [0.717, 1.165) is 15.8 Å². The highest BCUT2D eigenvalue weighted by atomic mass is 79.9. The van der Waals surface area contributed by atoms with E-state index >= 15 is 0 Å². The SMILES string of the molecule is Cc1cnc2cc(Br)ccn12. The number of pyridine rings is 1. The molecule has 0 unspecified atom stereocenters. The maximum atomic E-state index is 4.21. The average Bonchev–Trinajstić information content (AvgIpc) is 2.32. The number of aryl methyl sites for hydroxylation is 1. The van der Waals surface area contributed by atoms with Crippen LogP contribution in [0.1, 0.15) is 5.69 Å². The molecule has 2 nitrogen and oxygen atoms in total. The smallest absolute Gasteiger partial charge is 0.137 e. The number of imidazole rings is 1. The Bertz CT molecular complexity index is 392. The molecule has 0 aliphatic heterocycles. The molecule has 2 aromatic rings. The fourth-order valence-electron chi connectivity index (χ4n) is 1.08. The van der Waals surface area contributed by atoms with Gasteiger partial charge < -0.3 is 4.40 Å². The van der Waals surface area contributed by atoms with E-state index in [1.807, 2.05) is 35.9 Å². The first-order chi connectivity index (χ1) is 5.27. The molecule has 0 amide bonds. The topological polar surface area (TPSA) is 17.3 Å². The van der Waals surface area contributed by atoms with Gasteiger partial charge in [-0.05, 0) is 19.1 Å². The van der Waals surface area contributed by atoms with E-state index in [4.69, 9.17) is 0 Å². The van der Waals surface area contributed by atoms with E-state index in [0.29, 0.717) is 0 Å². The van der Waals surface area contributed by atoms with Crippen LogP contribution in [0.15, 0.2) is 29.0 Å². The zero-order chi connectivity index (χ0) is 7.84. The van der Waals surface area contributed by atoms with Crippen LogP contribution in [0.5, 0.6) is 0 Å². The second kappa shape index (κ2) is 2.34. The third-order valence-corrected chi connectivity index (χ3v) is 2.15. The second-order valence-corrected chi connectivity index (χ2v) is 3.39. The van der Waals surface area contributed by atoms with E-state index in [-0.39, 0.29) is 0 Å². The molecule has 0 bridgehead atoms. The molecule has 2 rings (SSSR count). The standard InChI is InChI=1S/C8H7BrN2/c1-6-5-10-8-4-7(9)2-3-11(6)8/h2-5H,1H3. The molecule has 0 N–H and O–H groups in total. The van der Waals surface area contributed by atoms with Gasteiger partial charge >= 0.3 is 0 Å². The lowest BCUT2D eigenvalue weighted by molar-refractivity contribution is 1.11. The molecule has 11 heavy (non-hydrogen) atoms. The van der Waals surface area contributed by atoms with Crippen LogP contribution in [0.2, 0.25) is 0 Å². The van der Waals surface area contributed by atoms with Gasteiger partial charge in [0.15, 0.2) is 0 Å². The highest BCUT2D eigenvalue weighted by Gasteiger charge is 1.96. The van der Waals surface area contributed by atoms with Crippen molar-refractivity contribution in [3.05, 3.63) is 34.7 Å². The molecule has 0 saturated heterocycles. The van der Waals surface area contributed by atoms with Gasteiger partial charge in [-0.1, -0.05) is 15.9 Å². The number of hydrogen-bond acceptors (Lipinski definition) is 1. The second-order valence-electron chi connectivity index (χ2n) is 2.47. The fourth-order valence-corrected chi connectivity index (χ4v) is 1.41. The van der Waals surface area contributed by atoms with E-state index < -0.39 is 0 Å². The van der Waals surface area contributed by atoms with Crippen LogP contribution < -0.4 is 0 Å². The number of hydrogen-bond donors (Lipinski definition) is 0. The average molecular weight is 211 g/mol. The third kappa shape index (κ3) is 1.05. The van der Waals surface area contributed by atoms with Crippen LogP contribution in [-0.2, 0) is 0 Å². The van der Waals surface area contributed by atoms with Crippen molar-refractivity contribution in [3.63, 3.8) is 0 Å². The quantitative estimate of drug-likeness (QED) is 0.653. The Labute approximate surface area is 73.0 Å². The number of nitrogens with zero attached hydrogens (tertiary/aromatic N) is 2. The third-order valence-electron chi connectivity index (χ3n) is 1.66. The molecular weight excluding hydrogens is 204 g/mol. The summed E-state index contributed by atoms with van der Waals surface area (Å²) in [6.45, 7) is 2.04.